The van der Waals surface area contributed by atoms with Crippen LogP contribution in [0.15, 0.2) is 12.2 Å². The number of fused-ring (bicyclic) bond motifs is 5. The zero-order valence-corrected chi connectivity index (χ0v) is 9.16. The molecular weight excluding hydrogens is 226 g/mol. The molecule has 0 aromatic heterocycles. The molecule has 4 atom stereocenters. The van der Waals surface area contributed by atoms with Crippen LogP contribution in [-0.4, -0.2) is 30.1 Å². The van der Waals surface area contributed by atoms with Crippen molar-refractivity contribution in [1.82, 2.24) is 5.06 Å². The fourth-order valence-corrected chi connectivity index (χ4v) is 3.08. The van der Waals surface area contributed by atoms with Gasteiger partial charge in [0.25, 0.3) is 11.8 Å². The summed E-state index contributed by atoms with van der Waals surface area (Å²) in [5.74, 6) is -1.37. The van der Waals surface area contributed by atoms with Gasteiger partial charge in [0.15, 0.2) is 0 Å². The van der Waals surface area contributed by atoms with Gasteiger partial charge >= 0.3 is 6.16 Å². The largest absolute Gasteiger partial charge is 0.533 e. The van der Waals surface area contributed by atoms with E-state index in [0.29, 0.717) is 5.06 Å². The van der Waals surface area contributed by atoms with Crippen molar-refractivity contribution in [3.8, 4) is 0 Å². The first kappa shape index (κ1) is 10.3. The summed E-state index contributed by atoms with van der Waals surface area (Å²) in [6.07, 6.45) is 3.74. The van der Waals surface area contributed by atoms with Crippen LogP contribution >= 0.6 is 0 Å². The topological polar surface area (TPSA) is 72.9 Å². The number of carbonyl (C=O) groups excluding carboxylic acids is 3. The maximum Gasteiger partial charge on any atom is 0.533 e. The number of hydrogen-bond donors (Lipinski definition) is 0. The number of ether oxygens (including phenoxy) is 1. The number of hydroxylamine groups is 2. The number of amides is 2. The number of methoxy groups -OCH3 is 1. The molecule has 17 heavy (non-hydrogen) atoms. The van der Waals surface area contributed by atoms with Gasteiger partial charge in [0.1, 0.15) is 0 Å². The fraction of sp³-hybridized carbons (Fsp3) is 0.545. The maximum atomic E-state index is 12.0. The maximum absolute atomic E-state index is 12.0. The molecule has 1 saturated carbocycles. The molecular formula is C11H11NO5. The molecule has 3 aliphatic rings. The molecule has 2 amide bonds. The first-order chi connectivity index (χ1) is 8.13. The molecule has 6 nitrogen and oxygen atoms in total. The van der Waals surface area contributed by atoms with Crippen LogP contribution in [0.3, 0.4) is 0 Å². The molecule has 1 saturated heterocycles. The quantitative estimate of drug-likeness (QED) is 0.377. The van der Waals surface area contributed by atoms with Crippen LogP contribution in [0.1, 0.15) is 6.42 Å². The van der Waals surface area contributed by atoms with Gasteiger partial charge in [-0.2, -0.15) is 0 Å². The van der Waals surface area contributed by atoms with Crippen LogP contribution in [0.5, 0.6) is 0 Å². The summed E-state index contributed by atoms with van der Waals surface area (Å²) < 4.78 is 4.28. The SMILES string of the molecule is COC(=O)ON1C(=O)C2C3C=CC(C3)C2C1=O. The summed E-state index contributed by atoms with van der Waals surface area (Å²) in [6.45, 7) is 0. The lowest BCUT2D eigenvalue weighted by Gasteiger charge is -2.14. The fourth-order valence-electron chi connectivity index (χ4n) is 3.08. The summed E-state index contributed by atoms with van der Waals surface area (Å²) in [4.78, 5) is 39.5. The minimum Gasteiger partial charge on any atom is -0.436 e. The zero-order valence-electron chi connectivity index (χ0n) is 9.16. The Morgan fingerprint density at radius 1 is 1.24 bits per heavy atom. The van der Waals surface area contributed by atoms with E-state index < -0.39 is 18.0 Å². The Hall–Kier alpha value is -1.85. The van der Waals surface area contributed by atoms with Gasteiger partial charge in [-0.1, -0.05) is 17.2 Å². The highest BCUT2D eigenvalue weighted by atomic mass is 16.8. The Morgan fingerprint density at radius 2 is 1.76 bits per heavy atom. The van der Waals surface area contributed by atoms with Crippen molar-refractivity contribution in [2.24, 2.45) is 23.7 Å². The second-order valence-electron chi connectivity index (χ2n) is 4.52. The molecule has 90 valence electrons. The average molecular weight is 237 g/mol. The van der Waals surface area contributed by atoms with Crippen LogP contribution in [-0.2, 0) is 19.2 Å². The zero-order chi connectivity index (χ0) is 12.2. The Balaban J connectivity index is 1.85. The summed E-state index contributed by atoms with van der Waals surface area (Å²) in [6, 6.07) is 0. The highest BCUT2D eigenvalue weighted by Crippen LogP contribution is 2.52. The van der Waals surface area contributed by atoms with E-state index in [1.807, 2.05) is 12.2 Å². The molecule has 3 rings (SSSR count). The lowest BCUT2D eigenvalue weighted by Crippen LogP contribution is -2.35. The number of allylic oxidation sites excluding steroid dienone is 2. The van der Waals surface area contributed by atoms with E-state index in [1.165, 1.54) is 0 Å². The third-order valence-corrected chi connectivity index (χ3v) is 3.76. The molecule has 2 aliphatic carbocycles. The lowest BCUT2D eigenvalue weighted by atomic mass is 9.85. The summed E-state index contributed by atoms with van der Waals surface area (Å²) >= 11 is 0. The van der Waals surface area contributed by atoms with Crippen molar-refractivity contribution < 1.29 is 24.0 Å². The number of carbonyl (C=O) groups is 3. The minimum atomic E-state index is -1.05. The normalized spacial score (nSPS) is 37.6. The van der Waals surface area contributed by atoms with E-state index >= 15 is 0 Å². The second kappa shape index (κ2) is 3.32. The Kier molecular flexibility index (Phi) is 2.01. The molecule has 4 unspecified atom stereocenters. The first-order valence-corrected chi connectivity index (χ1v) is 5.45. The van der Waals surface area contributed by atoms with E-state index in [1.54, 1.807) is 0 Å². The minimum absolute atomic E-state index is 0.104. The average Bonchev–Trinajstić information content (AvgIpc) is 2.98. The van der Waals surface area contributed by atoms with Crippen molar-refractivity contribution >= 4 is 18.0 Å². The van der Waals surface area contributed by atoms with Crippen molar-refractivity contribution in [2.75, 3.05) is 7.11 Å². The van der Waals surface area contributed by atoms with E-state index in [2.05, 4.69) is 9.57 Å². The number of nitrogens with zero attached hydrogens (tertiary/aromatic N) is 1. The van der Waals surface area contributed by atoms with Gasteiger partial charge in [0.2, 0.25) is 0 Å². The van der Waals surface area contributed by atoms with Gasteiger partial charge in [-0.05, 0) is 18.3 Å². The van der Waals surface area contributed by atoms with Gasteiger partial charge in [0, 0.05) is 0 Å². The third-order valence-electron chi connectivity index (χ3n) is 3.76. The van der Waals surface area contributed by atoms with Gasteiger partial charge in [-0.15, -0.1) is 0 Å². The highest BCUT2D eigenvalue weighted by Gasteiger charge is 2.60. The first-order valence-electron chi connectivity index (χ1n) is 5.45. The van der Waals surface area contributed by atoms with Gasteiger partial charge in [0.05, 0.1) is 18.9 Å². The molecule has 2 fully saturated rings. The molecule has 0 N–H and O–H groups in total. The molecule has 2 bridgehead atoms. The Bertz CT molecular complexity index is 413. The van der Waals surface area contributed by atoms with Crippen molar-refractivity contribution in [2.45, 2.75) is 6.42 Å². The molecule has 0 spiro atoms. The molecule has 0 radical (unpaired) electrons. The highest BCUT2D eigenvalue weighted by molar-refractivity contribution is 6.05. The molecule has 1 aliphatic heterocycles. The van der Waals surface area contributed by atoms with Crippen LogP contribution in [0.4, 0.5) is 4.79 Å². The molecule has 1 heterocycles. The standard InChI is InChI=1S/C11H11NO5/c1-16-11(15)17-12-9(13)7-5-2-3-6(4-5)8(7)10(12)14/h2-3,5-8H,4H2,1H3. The number of hydrogen-bond acceptors (Lipinski definition) is 5. The van der Waals surface area contributed by atoms with Crippen molar-refractivity contribution in [3.63, 3.8) is 0 Å². The van der Waals surface area contributed by atoms with E-state index in [9.17, 15) is 14.4 Å². The number of imide groups is 1. The van der Waals surface area contributed by atoms with Crippen LogP contribution in [0.25, 0.3) is 0 Å². The van der Waals surface area contributed by atoms with E-state index in [4.69, 9.17) is 0 Å². The summed E-state index contributed by atoms with van der Waals surface area (Å²) in [5, 5.41) is 0.563. The molecule has 6 heteroatoms. The molecule has 0 aromatic carbocycles. The van der Waals surface area contributed by atoms with E-state index in [-0.39, 0.29) is 23.7 Å². The summed E-state index contributed by atoms with van der Waals surface area (Å²) in [7, 11) is 1.12. The van der Waals surface area contributed by atoms with Crippen LogP contribution in [0, 0.1) is 23.7 Å². The van der Waals surface area contributed by atoms with E-state index in [0.717, 1.165) is 13.5 Å². The predicted molar refractivity (Wildman–Crippen MR) is 53.1 cm³/mol. The van der Waals surface area contributed by atoms with Crippen molar-refractivity contribution in [3.05, 3.63) is 12.2 Å². The Labute approximate surface area is 97.1 Å². The van der Waals surface area contributed by atoms with Gasteiger partial charge in [-0.25, -0.2) is 4.79 Å². The third kappa shape index (κ3) is 1.23. The van der Waals surface area contributed by atoms with Gasteiger partial charge in [-0.3, -0.25) is 14.4 Å². The van der Waals surface area contributed by atoms with Crippen LogP contribution in [0.2, 0.25) is 0 Å². The monoisotopic (exact) mass is 237 g/mol. The molecule has 0 aromatic rings. The number of rotatable bonds is 1. The smallest absolute Gasteiger partial charge is 0.436 e. The van der Waals surface area contributed by atoms with Gasteiger partial charge < -0.3 is 4.74 Å². The Morgan fingerprint density at radius 3 is 2.24 bits per heavy atom. The van der Waals surface area contributed by atoms with Crippen molar-refractivity contribution in [1.29, 1.82) is 0 Å². The van der Waals surface area contributed by atoms with Crippen LogP contribution < -0.4 is 0 Å². The second-order valence-corrected chi connectivity index (χ2v) is 4.52. The predicted octanol–water partition coefficient (Wildman–Crippen LogP) is 0.492. The summed E-state index contributed by atoms with van der Waals surface area (Å²) in [5.41, 5.74) is 0. The lowest BCUT2D eigenvalue weighted by molar-refractivity contribution is -0.179.